The van der Waals surface area contributed by atoms with Gasteiger partial charge in [-0.3, -0.25) is 0 Å². The van der Waals surface area contributed by atoms with Gasteiger partial charge in [-0.2, -0.15) is 0 Å². The maximum Gasteiger partial charge on any atom is 0.508 e. The molecule has 8 atom stereocenters. The van der Waals surface area contributed by atoms with Gasteiger partial charge in [-0.05, 0) is 104 Å². The maximum atomic E-state index is 12.6. The predicted molar refractivity (Wildman–Crippen MR) is 209 cm³/mol. The van der Waals surface area contributed by atoms with Crippen LogP contribution in [0.15, 0.2) is 11.6 Å². The van der Waals surface area contributed by atoms with Crippen LogP contribution in [0.3, 0.4) is 0 Å². The quantitative estimate of drug-likeness (QED) is 0.0648. The molecule has 4 aliphatic rings. The van der Waals surface area contributed by atoms with Crippen molar-refractivity contribution in [3.05, 3.63) is 11.6 Å². The molecule has 0 bridgehead atoms. The van der Waals surface area contributed by atoms with Crippen LogP contribution in [0.4, 0.5) is 4.79 Å². The molecule has 0 radical (unpaired) electrons. The third-order valence-corrected chi connectivity index (χ3v) is 14.7. The third-order valence-electron chi connectivity index (χ3n) is 14.7. The van der Waals surface area contributed by atoms with Crippen LogP contribution in [0.1, 0.15) is 209 Å². The van der Waals surface area contributed by atoms with E-state index in [1.165, 1.54) is 128 Å². The van der Waals surface area contributed by atoms with Crippen molar-refractivity contribution >= 4 is 6.16 Å². The molecule has 284 valence electrons. The van der Waals surface area contributed by atoms with Gasteiger partial charge < -0.3 is 9.47 Å². The summed E-state index contributed by atoms with van der Waals surface area (Å²) in [6.07, 6.45) is 35.2. The van der Waals surface area contributed by atoms with Crippen molar-refractivity contribution in [3.63, 3.8) is 0 Å². The molecule has 0 aromatic rings. The molecule has 3 saturated carbocycles. The highest BCUT2D eigenvalue weighted by Gasteiger charge is 2.59. The molecule has 0 aromatic heterocycles. The zero-order valence-electron chi connectivity index (χ0n) is 33.8. The van der Waals surface area contributed by atoms with Crippen molar-refractivity contribution in [2.24, 2.45) is 52.3 Å². The van der Waals surface area contributed by atoms with E-state index in [4.69, 9.17) is 9.47 Å². The van der Waals surface area contributed by atoms with Gasteiger partial charge in [0.05, 0.1) is 6.61 Å². The average molecular weight is 683 g/mol. The van der Waals surface area contributed by atoms with Gasteiger partial charge in [-0.15, -0.1) is 0 Å². The first kappa shape index (κ1) is 40.8. The fraction of sp³-hybridized carbons (Fsp3) is 0.935. The van der Waals surface area contributed by atoms with Crippen molar-refractivity contribution in [3.8, 4) is 0 Å². The largest absolute Gasteiger partial charge is 0.508 e. The van der Waals surface area contributed by atoms with Gasteiger partial charge in [-0.25, -0.2) is 4.79 Å². The lowest BCUT2D eigenvalue weighted by atomic mass is 9.47. The standard InChI is InChI=1S/C46H82O3/c1-35(2)22-19-17-15-13-11-9-8-10-12-14-16-18-20-33-48-44(47)49-39-29-31-45(6)38(34-39)25-26-40-42-28-27-41(37(5)24-21-23-36(3)4)46(42,7)32-30-43(40)45/h25,35-37,39-43H,8-24,26-34H2,1-7H3/t37-,39+,40+,41-,42+,43+,45+,46-/m1/s1. The summed E-state index contributed by atoms with van der Waals surface area (Å²) in [7, 11) is 0. The second-order valence-electron chi connectivity index (χ2n) is 19.1. The summed E-state index contributed by atoms with van der Waals surface area (Å²) in [5.41, 5.74) is 2.42. The molecule has 0 amide bonds. The van der Waals surface area contributed by atoms with Gasteiger partial charge >= 0.3 is 6.16 Å². The molecule has 0 saturated heterocycles. The predicted octanol–water partition coefficient (Wildman–Crippen LogP) is 14.7. The van der Waals surface area contributed by atoms with Crippen molar-refractivity contribution in [2.45, 2.75) is 215 Å². The van der Waals surface area contributed by atoms with Gasteiger partial charge in [0.2, 0.25) is 0 Å². The Balaban J connectivity index is 1.07. The summed E-state index contributed by atoms with van der Waals surface area (Å²) in [6.45, 7) is 17.8. The van der Waals surface area contributed by atoms with Crippen molar-refractivity contribution in [1.82, 2.24) is 0 Å². The molecule has 0 spiro atoms. The molecular formula is C46H82O3. The van der Waals surface area contributed by atoms with Crippen LogP contribution in [-0.4, -0.2) is 18.9 Å². The number of unbranched alkanes of at least 4 members (excludes halogenated alkanes) is 12. The van der Waals surface area contributed by atoms with Crippen LogP contribution < -0.4 is 0 Å². The van der Waals surface area contributed by atoms with E-state index in [1.54, 1.807) is 5.57 Å². The number of carbonyl (C=O) groups is 1. The Morgan fingerprint density at radius 1 is 0.694 bits per heavy atom. The Kier molecular flexibility index (Phi) is 16.9. The van der Waals surface area contributed by atoms with E-state index in [1.807, 2.05) is 0 Å². The number of fused-ring (bicyclic) bond motifs is 5. The Morgan fingerprint density at radius 2 is 1.29 bits per heavy atom. The summed E-state index contributed by atoms with van der Waals surface area (Å²) in [5, 5.41) is 0. The molecule has 0 heterocycles. The first-order chi connectivity index (χ1) is 23.5. The van der Waals surface area contributed by atoms with Crippen molar-refractivity contribution < 1.29 is 14.3 Å². The van der Waals surface area contributed by atoms with Crippen molar-refractivity contribution in [2.75, 3.05) is 6.61 Å². The lowest BCUT2D eigenvalue weighted by Crippen LogP contribution is -2.51. The molecule has 0 unspecified atom stereocenters. The van der Waals surface area contributed by atoms with Crippen LogP contribution in [0.25, 0.3) is 0 Å². The third kappa shape index (κ3) is 11.8. The van der Waals surface area contributed by atoms with Gasteiger partial charge in [0.1, 0.15) is 6.10 Å². The molecule has 3 nitrogen and oxygen atoms in total. The highest BCUT2D eigenvalue weighted by molar-refractivity contribution is 5.60. The number of hydrogen-bond donors (Lipinski definition) is 0. The van der Waals surface area contributed by atoms with Crippen LogP contribution >= 0.6 is 0 Å². The molecule has 3 fully saturated rings. The summed E-state index contributed by atoms with van der Waals surface area (Å²) in [4.78, 5) is 12.6. The van der Waals surface area contributed by atoms with Crippen LogP contribution in [0.2, 0.25) is 0 Å². The van der Waals surface area contributed by atoms with Gasteiger partial charge in [0.15, 0.2) is 0 Å². The normalized spacial score (nSPS) is 31.6. The minimum Gasteiger partial charge on any atom is -0.434 e. The van der Waals surface area contributed by atoms with E-state index in [2.05, 4.69) is 54.5 Å². The number of carbonyl (C=O) groups excluding carboxylic acids is 1. The van der Waals surface area contributed by atoms with Crippen molar-refractivity contribution in [1.29, 1.82) is 0 Å². The number of ether oxygens (including phenoxy) is 2. The highest BCUT2D eigenvalue weighted by Crippen LogP contribution is 2.67. The molecule has 4 rings (SSSR count). The molecule has 0 aromatic carbocycles. The molecular weight excluding hydrogens is 601 g/mol. The summed E-state index contributed by atoms with van der Waals surface area (Å²) < 4.78 is 11.5. The summed E-state index contributed by atoms with van der Waals surface area (Å²) in [6, 6.07) is 0. The number of rotatable bonds is 22. The Labute approximate surface area is 305 Å². The number of hydrogen-bond acceptors (Lipinski definition) is 3. The number of allylic oxidation sites excluding steroid dienone is 1. The SMILES string of the molecule is CC(C)CCCCCCCCCCCCCCCOC(=O)O[C@H]1CC[C@@]2(C)C(=CC[C@H]3[C@@H]4CC[C@H]([C@H](C)CCCC(C)C)[C@@]4(C)CC[C@@H]32)C1. The first-order valence-electron chi connectivity index (χ1n) is 22.1. The van der Waals surface area contributed by atoms with Crippen LogP contribution in [0.5, 0.6) is 0 Å². The minimum atomic E-state index is -0.434. The summed E-state index contributed by atoms with van der Waals surface area (Å²) >= 11 is 0. The monoisotopic (exact) mass is 683 g/mol. The molecule has 4 aliphatic carbocycles. The Morgan fingerprint density at radius 3 is 1.92 bits per heavy atom. The van der Waals surface area contributed by atoms with Gasteiger partial charge in [0.25, 0.3) is 0 Å². The fourth-order valence-electron chi connectivity index (χ4n) is 11.7. The minimum absolute atomic E-state index is 0.00958. The van der Waals surface area contributed by atoms with Gasteiger partial charge in [-0.1, -0.05) is 163 Å². The molecule has 0 N–H and O–H groups in total. The average Bonchev–Trinajstić information content (AvgIpc) is 3.41. The summed E-state index contributed by atoms with van der Waals surface area (Å²) in [5.74, 6) is 6.03. The topological polar surface area (TPSA) is 35.5 Å². The second kappa shape index (κ2) is 20.3. The van der Waals surface area contributed by atoms with Gasteiger partial charge in [0, 0.05) is 6.42 Å². The zero-order valence-corrected chi connectivity index (χ0v) is 33.8. The lowest BCUT2D eigenvalue weighted by molar-refractivity contribution is -0.0617. The lowest BCUT2D eigenvalue weighted by Gasteiger charge is -2.58. The Bertz CT molecular complexity index is 983. The molecule has 0 aliphatic heterocycles. The van der Waals surface area contributed by atoms with Crippen LogP contribution in [-0.2, 0) is 9.47 Å². The zero-order chi connectivity index (χ0) is 35.3. The Hall–Kier alpha value is -0.990. The highest BCUT2D eigenvalue weighted by atomic mass is 16.7. The van der Waals surface area contributed by atoms with E-state index in [0.29, 0.717) is 17.4 Å². The van der Waals surface area contributed by atoms with E-state index in [9.17, 15) is 4.79 Å². The van der Waals surface area contributed by atoms with E-state index in [0.717, 1.165) is 73.5 Å². The second-order valence-corrected chi connectivity index (χ2v) is 19.1. The molecule has 3 heteroatoms. The smallest absolute Gasteiger partial charge is 0.434 e. The maximum absolute atomic E-state index is 12.6. The molecule has 49 heavy (non-hydrogen) atoms. The van der Waals surface area contributed by atoms with Crippen LogP contribution in [0, 0.1) is 52.3 Å². The van der Waals surface area contributed by atoms with E-state index >= 15 is 0 Å². The van der Waals surface area contributed by atoms with E-state index < -0.39 is 6.16 Å². The first-order valence-corrected chi connectivity index (χ1v) is 22.1. The fourth-order valence-corrected chi connectivity index (χ4v) is 11.7. The van der Waals surface area contributed by atoms with E-state index in [-0.39, 0.29) is 6.10 Å².